The second kappa shape index (κ2) is 6.69. The van der Waals surface area contributed by atoms with Crippen molar-refractivity contribution in [2.45, 2.75) is 19.6 Å². The minimum absolute atomic E-state index is 0.0576. The Balaban J connectivity index is 2.16. The highest BCUT2D eigenvalue weighted by atomic mass is 79.9. The lowest BCUT2D eigenvalue weighted by atomic mass is 10.1. The number of nitrogens with one attached hydrogen (secondary N) is 1. The van der Waals surface area contributed by atoms with Crippen LogP contribution in [0.3, 0.4) is 0 Å². The van der Waals surface area contributed by atoms with Crippen molar-refractivity contribution in [2.75, 3.05) is 6.54 Å². The zero-order valence-corrected chi connectivity index (χ0v) is 13.6. The number of fused-ring (bicyclic) bond motifs is 1. The summed E-state index contributed by atoms with van der Waals surface area (Å²) in [7, 11) is 0. The normalized spacial score (nSPS) is 13.1. The van der Waals surface area contributed by atoms with Gasteiger partial charge in [0.25, 0.3) is 5.56 Å². The van der Waals surface area contributed by atoms with E-state index >= 15 is 0 Å². The lowest BCUT2D eigenvalue weighted by Gasteiger charge is -2.15. The Morgan fingerprint density at radius 2 is 2.13 bits per heavy atom. The van der Waals surface area contributed by atoms with E-state index in [2.05, 4.69) is 20.9 Å². The number of nitrogens with zero attached hydrogens (tertiary/aromatic N) is 2. The number of alkyl halides is 3. The zero-order chi connectivity index (χ0) is 17.2. The number of hydrogen-bond acceptors (Lipinski definition) is 3. The lowest BCUT2D eigenvalue weighted by Crippen LogP contribution is -2.39. The van der Waals surface area contributed by atoms with Gasteiger partial charge in [-0.1, -0.05) is 22.9 Å². The van der Waals surface area contributed by atoms with E-state index in [0.717, 1.165) is 0 Å². The topological polar surface area (TPSA) is 64.0 Å². The largest absolute Gasteiger partial charge is 0.405 e. The monoisotopic (exact) mass is 391 g/mol. The molecule has 0 bridgehead atoms. The van der Waals surface area contributed by atoms with Gasteiger partial charge in [0.15, 0.2) is 0 Å². The van der Waals surface area contributed by atoms with E-state index in [9.17, 15) is 22.8 Å². The second-order valence-corrected chi connectivity index (χ2v) is 6.01. The maximum atomic E-state index is 12.3. The summed E-state index contributed by atoms with van der Waals surface area (Å²) in [6.07, 6.45) is -3.19. The van der Waals surface area contributed by atoms with Gasteiger partial charge in [-0.05, 0) is 18.2 Å². The molecule has 2 rings (SSSR count). The summed E-state index contributed by atoms with van der Waals surface area (Å²) in [5.41, 5.74) is 0.149. The van der Waals surface area contributed by atoms with Crippen molar-refractivity contribution in [3.05, 3.63) is 39.4 Å². The molecule has 0 aliphatic carbocycles. The van der Waals surface area contributed by atoms with Crippen molar-refractivity contribution in [3.63, 3.8) is 0 Å². The van der Waals surface area contributed by atoms with E-state index in [0.29, 0.717) is 15.4 Å². The predicted octanol–water partition coefficient (Wildman–Crippen LogP) is 2.47. The van der Waals surface area contributed by atoms with Gasteiger partial charge in [0.05, 0.1) is 23.1 Å². The first-order chi connectivity index (χ1) is 10.7. The molecule has 0 saturated heterocycles. The van der Waals surface area contributed by atoms with Crippen molar-refractivity contribution in [2.24, 2.45) is 5.92 Å². The first kappa shape index (κ1) is 17.5. The van der Waals surface area contributed by atoms with Crippen LogP contribution in [-0.4, -0.2) is 28.2 Å². The fraction of sp³-hybridized carbons (Fsp3) is 0.357. The lowest BCUT2D eigenvalue weighted by molar-refractivity contribution is -0.140. The molecular formula is C14H13BrF3N3O2. The third kappa shape index (κ3) is 4.54. The molecule has 0 aliphatic heterocycles. The standard InChI is InChI=1S/C14H13BrF3N3O2/c1-8(12(22)19-6-14(16,17)18)5-21-7-20-11-3-2-9(15)4-10(11)13(21)23/h2-4,7-8H,5-6H2,1H3,(H,19,22). The molecular weight excluding hydrogens is 379 g/mol. The van der Waals surface area contributed by atoms with E-state index < -0.39 is 24.5 Å². The van der Waals surface area contributed by atoms with Gasteiger partial charge in [0.1, 0.15) is 6.54 Å². The SMILES string of the molecule is CC(Cn1cnc2ccc(Br)cc2c1=O)C(=O)NCC(F)(F)F. The van der Waals surface area contributed by atoms with Gasteiger partial charge >= 0.3 is 6.18 Å². The number of aromatic nitrogens is 2. The van der Waals surface area contributed by atoms with Crippen LogP contribution in [0, 0.1) is 5.92 Å². The van der Waals surface area contributed by atoms with E-state index in [1.165, 1.54) is 17.8 Å². The van der Waals surface area contributed by atoms with Crippen LogP contribution >= 0.6 is 15.9 Å². The van der Waals surface area contributed by atoms with Crippen molar-refractivity contribution < 1.29 is 18.0 Å². The fourth-order valence-electron chi connectivity index (χ4n) is 2.00. The molecule has 1 unspecified atom stereocenters. The van der Waals surface area contributed by atoms with Gasteiger partial charge in [-0.15, -0.1) is 0 Å². The number of carbonyl (C=O) groups excluding carboxylic acids is 1. The molecule has 1 amide bonds. The van der Waals surface area contributed by atoms with Gasteiger partial charge in [0.2, 0.25) is 5.91 Å². The Kier molecular flexibility index (Phi) is 5.08. The number of benzene rings is 1. The first-order valence-electron chi connectivity index (χ1n) is 6.66. The van der Waals surface area contributed by atoms with Crippen LogP contribution < -0.4 is 10.9 Å². The summed E-state index contributed by atoms with van der Waals surface area (Å²) in [6.45, 7) is -0.00474. The molecule has 1 aromatic heterocycles. The summed E-state index contributed by atoms with van der Waals surface area (Å²) >= 11 is 3.26. The molecule has 124 valence electrons. The van der Waals surface area contributed by atoms with E-state index in [1.54, 1.807) is 23.5 Å². The Morgan fingerprint density at radius 3 is 2.78 bits per heavy atom. The van der Waals surface area contributed by atoms with Crippen molar-refractivity contribution in [1.29, 1.82) is 0 Å². The third-order valence-electron chi connectivity index (χ3n) is 3.17. The van der Waals surface area contributed by atoms with E-state index in [1.807, 2.05) is 0 Å². The van der Waals surface area contributed by atoms with Gasteiger partial charge in [0, 0.05) is 11.0 Å². The molecule has 1 atom stereocenters. The predicted molar refractivity (Wildman–Crippen MR) is 81.9 cm³/mol. The summed E-state index contributed by atoms with van der Waals surface area (Å²) in [6, 6.07) is 5.02. The van der Waals surface area contributed by atoms with Gasteiger partial charge in [-0.2, -0.15) is 13.2 Å². The summed E-state index contributed by atoms with van der Waals surface area (Å²) in [5, 5.41) is 2.17. The van der Waals surface area contributed by atoms with Crippen molar-refractivity contribution in [3.8, 4) is 0 Å². The minimum Gasteiger partial charge on any atom is -0.347 e. The number of hydrogen-bond donors (Lipinski definition) is 1. The molecule has 0 fully saturated rings. The average molecular weight is 392 g/mol. The zero-order valence-electron chi connectivity index (χ0n) is 12.0. The van der Waals surface area contributed by atoms with Gasteiger partial charge < -0.3 is 5.32 Å². The molecule has 0 radical (unpaired) electrons. The van der Waals surface area contributed by atoms with Crippen LogP contribution in [0.5, 0.6) is 0 Å². The maximum absolute atomic E-state index is 12.3. The molecule has 5 nitrogen and oxygen atoms in total. The van der Waals surface area contributed by atoms with E-state index in [-0.39, 0.29) is 12.1 Å². The number of carbonyl (C=O) groups is 1. The highest BCUT2D eigenvalue weighted by molar-refractivity contribution is 9.10. The maximum Gasteiger partial charge on any atom is 0.405 e. The quantitative estimate of drug-likeness (QED) is 0.870. The van der Waals surface area contributed by atoms with Crippen molar-refractivity contribution >= 4 is 32.7 Å². The molecule has 23 heavy (non-hydrogen) atoms. The highest BCUT2D eigenvalue weighted by Gasteiger charge is 2.28. The van der Waals surface area contributed by atoms with Gasteiger partial charge in [-0.3, -0.25) is 14.2 Å². The fourth-order valence-corrected chi connectivity index (χ4v) is 2.36. The van der Waals surface area contributed by atoms with Crippen LogP contribution in [0.4, 0.5) is 13.2 Å². The van der Waals surface area contributed by atoms with Gasteiger partial charge in [-0.25, -0.2) is 4.98 Å². The molecule has 0 spiro atoms. The molecule has 0 saturated carbocycles. The Hall–Kier alpha value is -1.90. The smallest absolute Gasteiger partial charge is 0.347 e. The van der Waals surface area contributed by atoms with E-state index in [4.69, 9.17) is 0 Å². The van der Waals surface area contributed by atoms with Crippen LogP contribution in [0.25, 0.3) is 10.9 Å². The van der Waals surface area contributed by atoms with Crippen LogP contribution in [0.15, 0.2) is 33.8 Å². The van der Waals surface area contributed by atoms with Crippen LogP contribution in [0.2, 0.25) is 0 Å². The molecule has 1 aromatic carbocycles. The second-order valence-electron chi connectivity index (χ2n) is 5.10. The molecule has 2 aromatic rings. The summed E-state index contributed by atoms with van der Waals surface area (Å²) in [4.78, 5) is 28.1. The summed E-state index contributed by atoms with van der Waals surface area (Å²) < 4.78 is 38.2. The molecule has 0 aliphatic rings. The summed E-state index contributed by atoms with van der Waals surface area (Å²) in [5.74, 6) is -1.58. The minimum atomic E-state index is -4.47. The number of halogens is 4. The van der Waals surface area contributed by atoms with Crippen LogP contribution in [0.1, 0.15) is 6.92 Å². The highest BCUT2D eigenvalue weighted by Crippen LogP contribution is 2.15. The molecule has 1 N–H and O–H groups in total. The van der Waals surface area contributed by atoms with Crippen molar-refractivity contribution in [1.82, 2.24) is 14.9 Å². The van der Waals surface area contributed by atoms with Crippen LogP contribution in [-0.2, 0) is 11.3 Å². The molecule has 9 heteroatoms. The number of amides is 1. The Labute approximate surface area is 137 Å². The Morgan fingerprint density at radius 1 is 1.43 bits per heavy atom. The number of rotatable bonds is 4. The first-order valence-corrected chi connectivity index (χ1v) is 7.46. The third-order valence-corrected chi connectivity index (χ3v) is 3.66. The average Bonchev–Trinajstić information content (AvgIpc) is 2.47. The Bertz CT molecular complexity index is 789. The molecule has 1 heterocycles.